The first-order chi connectivity index (χ1) is 50.6. The monoisotopic (exact) mass is 1400 g/mol. The zero-order valence-electron chi connectivity index (χ0n) is 56.2. The third-order valence-corrected chi connectivity index (χ3v) is 18.5. The predicted octanol–water partition coefficient (Wildman–Crippen LogP) is 14.3. The van der Waals surface area contributed by atoms with Crippen molar-refractivity contribution in [2.24, 2.45) is 0 Å². The summed E-state index contributed by atoms with van der Waals surface area (Å²) in [7, 11) is 4.55. The van der Waals surface area contributed by atoms with Gasteiger partial charge in [0.05, 0.1) is 121 Å². The number of hydrogen-bond acceptors (Lipinski definition) is 18. The summed E-state index contributed by atoms with van der Waals surface area (Å²) in [5.41, 5.74) is 21.9. The van der Waals surface area contributed by atoms with Crippen molar-refractivity contribution in [3.63, 3.8) is 0 Å². The molecule has 6 aromatic carbocycles. The summed E-state index contributed by atoms with van der Waals surface area (Å²) in [5.74, 6) is 3.18. The lowest BCUT2D eigenvalue weighted by Crippen LogP contribution is -2.24. The Kier molecular flexibility index (Phi) is 18.7. The molecule has 0 unspecified atom stereocenters. The van der Waals surface area contributed by atoms with Crippen LogP contribution in [0.25, 0.3) is 71.5 Å². The van der Waals surface area contributed by atoms with Gasteiger partial charge in [0, 0.05) is 44.3 Å². The van der Waals surface area contributed by atoms with E-state index in [1.54, 1.807) is 88.3 Å². The Bertz CT molecular complexity index is 5490. The van der Waals surface area contributed by atoms with Crippen molar-refractivity contribution >= 4 is 85.2 Å². The van der Waals surface area contributed by atoms with Gasteiger partial charge < -0.3 is 55.5 Å². The molecule has 3 aliphatic rings. The number of imidazole rings is 2. The van der Waals surface area contributed by atoms with Crippen molar-refractivity contribution in [1.29, 1.82) is 5.26 Å². The van der Waals surface area contributed by atoms with Gasteiger partial charge in [-0.15, -0.1) is 0 Å². The van der Waals surface area contributed by atoms with Crippen LogP contribution in [0.4, 0.5) is 53.4 Å². The number of carbonyl (C=O) groups is 1. The van der Waals surface area contributed by atoms with Gasteiger partial charge in [-0.2, -0.15) is 20.6 Å². The second-order valence-electron chi connectivity index (χ2n) is 24.6. The van der Waals surface area contributed by atoms with Crippen LogP contribution in [0.1, 0.15) is 89.3 Å². The van der Waals surface area contributed by atoms with E-state index in [0.29, 0.717) is 91.0 Å². The van der Waals surface area contributed by atoms with Crippen LogP contribution < -0.4 is 40.4 Å². The van der Waals surface area contributed by atoms with Crippen LogP contribution in [-0.4, -0.2) is 116 Å². The van der Waals surface area contributed by atoms with Crippen LogP contribution >= 0.6 is 0 Å². The molecule has 29 heteroatoms. The number of ether oxygens (including phenoxy) is 3. The molecule has 0 bridgehead atoms. The van der Waals surface area contributed by atoms with Crippen molar-refractivity contribution in [3.05, 3.63) is 233 Å². The molecule has 3 fully saturated rings. The number of rotatable bonds is 12. The van der Waals surface area contributed by atoms with E-state index >= 15 is 0 Å². The summed E-state index contributed by atoms with van der Waals surface area (Å²) in [4.78, 5) is 55.2. The second kappa shape index (κ2) is 28.8. The molecule has 11 heterocycles. The highest BCUT2D eigenvalue weighted by Gasteiger charge is 2.32. The van der Waals surface area contributed by atoms with E-state index in [4.69, 9.17) is 64.0 Å². The van der Waals surface area contributed by atoms with Crippen LogP contribution in [0.5, 0.6) is 17.2 Å². The number of nitriles is 1. The van der Waals surface area contributed by atoms with Crippen LogP contribution in [0.15, 0.2) is 165 Å². The van der Waals surface area contributed by atoms with Gasteiger partial charge >= 0.3 is 5.97 Å². The molecule has 8 aromatic heterocycles. The van der Waals surface area contributed by atoms with Crippen molar-refractivity contribution < 1.29 is 37.3 Å². The normalized spacial score (nSPS) is 15.4. The number of nitrogens with two attached hydrogens (primary N) is 2. The van der Waals surface area contributed by atoms with Gasteiger partial charge in [-0.3, -0.25) is 0 Å². The number of aromatic carboxylic acids is 1. The molecule has 17 rings (SSSR count). The van der Waals surface area contributed by atoms with Gasteiger partial charge in [0.2, 0.25) is 11.4 Å². The fourth-order valence-corrected chi connectivity index (χ4v) is 13.5. The molecule has 104 heavy (non-hydrogen) atoms. The minimum Gasteiger partial charge on any atom is -0.508 e. The molecule has 0 saturated carbocycles. The standard InChI is InChI=1S/2C25H20FN7O.C17H15FN4O2.C8H9N3O/c2*1-27-20-12-18-19(13-22(20)34-2)30-24(29-18)17-14-28-33-10-8-23(31-25(17)33)32-9-4-7-21(32)15-5-3-6-16(26)11-15;18-12-4-1-3-11(9-12)14-5-2-7-21(14)15-6-8-22-16(20-15)13(10-19-22)17(23)24;1-12-8-3-7(11)6(10)2-5(8)4-9/h2*3,5-6,8,10-14,21H,4,7,9H2,2H3,(H,29,30);1,3-4,6,8-10,14H,2,5,7H2,(H,23,24);2-3H,10-11H2,1H3/t2*21-;14-;/m111./s1. The first kappa shape index (κ1) is 67.4. The quantitative estimate of drug-likeness (QED) is 0.0560. The number of benzene rings is 6. The number of nitrogen functional groups attached to an aromatic ring is 2. The Hall–Kier alpha value is -13.8. The summed E-state index contributed by atoms with van der Waals surface area (Å²) in [6.07, 6.45) is 16.0. The van der Waals surface area contributed by atoms with Gasteiger partial charge in [0.1, 0.15) is 75.4 Å². The van der Waals surface area contributed by atoms with Gasteiger partial charge in [-0.05, 0) is 140 Å². The number of fused-ring (bicyclic) bond motifs is 5. The minimum absolute atomic E-state index is 0.0341. The first-order valence-electron chi connectivity index (χ1n) is 33.0. The summed E-state index contributed by atoms with van der Waals surface area (Å²) < 4.78 is 61.7. The second-order valence-corrected chi connectivity index (χ2v) is 24.6. The van der Waals surface area contributed by atoms with Gasteiger partial charge in [0.15, 0.2) is 16.9 Å². The SMILES string of the molecule is COc1cc(N)c(N)cc1C#N.O=C(O)c1cnn2ccc(N3CCC[C@@H]3c3cccc(F)c3)nc12.[C-]#[N+]c1cc2[nH]c(-c3cnn4ccc(N5CCC[C@@H]5c5cccc(F)c5)nc34)nc2cc1OC.[C-]#[N+]c1cc2[nH]c(-c3cnn4ccc(N5CCC[C@@H]5c5cccc(F)c5)nc34)nc2cc1OC. The van der Waals surface area contributed by atoms with E-state index in [9.17, 15) is 23.1 Å². The maximum Gasteiger partial charge on any atom is 0.341 e. The summed E-state index contributed by atoms with van der Waals surface area (Å²) in [5, 5.41) is 30.8. The Labute approximate surface area is 591 Å². The molecule has 3 saturated heterocycles. The summed E-state index contributed by atoms with van der Waals surface area (Å²) >= 11 is 0. The maximum atomic E-state index is 13.9. The van der Waals surface area contributed by atoms with Crippen LogP contribution in [0, 0.1) is 41.9 Å². The molecule has 0 aliphatic carbocycles. The third kappa shape index (κ3) is 13.4. The lowest BCUT2D eigenvalue weighted by molar-refractivity contribution is 0.0698. The predicted molar refractivity (Wildman–Crippen MR) is 385 cm³/mol. The van der Waals surface area contributed by atoms with E-state index in [-0.39, 0.29) is 41.1 Å². The highest BCUT2D eigenvalue weighted by Crippen LogP contribution is 2.41. The van der Waals surface area contributed by atoms with Crippen LogP contribution in [0.3, 0.4) is 0 Å². The Morgan fingerprint density at radius 1 is 0.538 bits per heavy atom. The van der Waals surface area contributed by atoms with Gasteiger partial charge in [-0.1, -0.05) is 36.4 Å². The topological polar surface area (TPSA) is 307 Å². The molecular formula is C75H64F3N21O5. The summed E-state index contributed by atoms with van der Waals surface area (Å²) in [6.45, 7) is 17.2. The fraction of sp³-hybridized carbons (Fsp3) is 0.200. The molecule has 14 aromatic rings. The van der Waals surface area contributed by atoms with Crippen molar-refractivity contribution in [2.75, 3.05) is 67.1 Å². The Morgan fingerprint density at radius 3 is 1.32 bits per heavy atom. The van der Waals surface area contributed by atoms with Crippen molar-refractivity contribution in [2.45, 2.75) is 56.7 Å². The number of aromatic nitrogens is 13. The third-order valence-electron chi connectivity index (χ3n) is 18.5. The molecule has 0 radical (unpaired) electrons. The molecule has 0 spiro atoms. The molecule has 7 N–H and O–H groups in total. The molecule has 3 atom stereocenters. The number of hydrogen-bond donors (Lipinski definition) is 5. The number of H-pyrrole nitrogens is 2. The van der Waals surface area contributed by atoms with E-state index in [1.165, 1.54) is 62.4 Å². The zero-order valence-corrected chi connectivity index (χ0v) is 56.2. The van der Waals surface area contributed by atoms with Crippen molar-refractivity contribution in [3.8, 4) is 46.1 Å². The largest absolute Gasteiger partial charge is 0.508 e. The smallest absolute Gasteiger partial charge is 0.341 e. The number of nitrogens with zero attached hydrogens (tertiary/aromatic N) is 17. The van der Waals surface area contributed by atoms with Crippen LogP contribution in [-0.2, 0) is 0 Å². The number of methoxy groups -OCH3 is 3. The maximum absolute atomic E-state index is 13.9. The summed E-state index contributed by atoms with van der Waals surface area (Å²) in [6, 6.07) is 38.0. The average Bonchev–Trinajstić information content (AvgIpc) is 1.62. The molecule has 0 amide bonds. The number of carboxylic acid groups (broad SMARTS) is 1. The zero-order chi connectivity index (χ0) is 72.3. The number of anilines is 5. The molecule has 26 nitrogen and oxygen atoms in total. The van der Waals surface area contributed by atoms with E-state index < -0.39 is 5.97 Å². The lowest BCUT2D eigenvalue weighted by atomic mass is 10.0. The first-order valence-corrected chi connectivity index (χ1v) is 33.0. The minimum atomic E-state index is -1.06. The number of halogens is 3. The fourth-order valence-electron chi connectivity index (χ4n) is 13.5. The molecular weight excluding hydrogens is 1330 g/mol. The number of nitrogens with one attached hydrogen (secondary N) is 2. The molecule has 3 aliphatic heterocycles. The van der Waals surface area contributed by atoms with Gasteiger partial charge in [-0.25, -0.2) is 66.1 Å². The van der Waals surface area contributed by atoms with Gasteiger partial charge in [0.25, 0.3) is 0 Å². The lowest BCUT2D eigenvalue weighted by Gasteiger charge is -2.26. The Balaban J connectivity index is 0.000000123. The number of carboxylic acids is 1. The highest BCUT2D eigenvalue weighted by atomic mass is 19.1. The van der Waals surface area contributed by atoms with E-state index in [2.05, 4.69) is 54.6 Å². The molecule has 520 valence electrons. The van der Waals surface area contributed by atoms with Crippen molar-refractivity contribution in [1.82, 2.24) is 63.7 Å². The highest BCUT2D eigenvalue weighted by molar-refractivity contribution is 5.94. The van der Waals surface area contributed by atoms with Crippen LogP contribution in [0.2, 0.25) is 0 Å². The van der Waals surface area contributed by atoms with E-state index in [1.807, 2.05) is 54.9 Å². The number of aromatic amines is 2. The average molecular weight is 1400 g/mol. The Morgan fingerprint density at radius 2 is 0.933 bits per heavy atom. The van der Waals surface area contributed by atoms with E-state index in [0.717, 1.165) is 109 Å².